The zero-order valence-corrected chi connectivity index (χ0v) is 8.17. The van der Waals surface area contributed by atoms with E-state index in [0.29, 0.717) is 18.4 Å². The molecule has 2 saturated heterocycles. The average Bonchev–Trinajstić information content (AvgIpc) is 2.39. The van der Waals surface area contributed by atoms with Gasteiger partial charge in [-0.3, -0.25) is 9.59 Å². The van der Waals surface area contributed by atoms with Crippen LogP contribution in [0, 0.1) is 0 Å². The Kier molecular flexibility index (Phi) is 2.19. The molecule has 72 valence electrons. The molecule has 1 amide bonds. The number of rotatable bonds is 2. The van der Waals surface area contributed by atoms with Gasteiger partial charge >= 0.3 is 5.97 Å². The summed E-state index contributed by atoms with van der Waals surface area (Å²) in [6.07, 6.45) is 0.654. The standard InChI is InChI=1S/C8H11NO3S/c1-5(10)12-4-6-3-9-7(11)2-8(9)13-6/h6,8H,2-4H2,1H3/t6-,8+/m0/s1. The van der Waals surface area contributed by atoms with E-state index in [1.807, 2.05) is 4.90 Å². The molecule has 4 nitrogen and oxygen atoms in total. The van der Waals surface area contributed by atoms with Crippen LogP contribution in [0.2, 0.25) is 0 Å². The molecule has 0 bridgehead atoms. The smallest absolute Gasteiger partial charge is 0.302 e. The Morgan fingerprint density at radius 1 is 1.77 bits per heavy atom. The fourth-order valence-corrected chi connectivity index (χ4v) is 2.98. The Bertz CT molecular complexity index is 256. The molecule has 2 aliphatic rings. The number of nitrogens with zero attached hydrogens (tertiary/aromatic N) is 1. The highest BCUT2D eigenvalue weighted by molar-refractivity contribution is 8.00. The Morgan fingerprint density at radius 2 is 2.54 bits per heavy atom. The zero-order chi connectivity index (χ0) is 9.42. The third-order valence-corrected chi connectivity index (χ3v) is 3.64. The molecule has 0 saturated carbocycles. The Hall–Kier alpha value is -0.710. The van der Waals surface area contributed by atoms with Crippen molar-refractivity contribution in [3.05, 3.63) is 0 Å². The van der Waals surface area contributed by atoms with E-state index in [2.05, 4.69) is 0 Å². The largest absolute Gasteiger partial charge is 0.465 e. The number of ether oxygens (including phenoxy) is 1. The summed E-state index contributed by atoms with van der Waals surface area (Å²) >= 11 is 1.73. The highest BCUT2D eigenvalue weighted by Gasteiger charge is 2.44. The maximum Gasteiger partial charge on any atom is 0.302 e. The van der Waals surface area contributed by atoms with Crippen molar-refractivity contribution in [2.24, 2.45) is 0 Å². The summed E-state index contributed by atoms with van der Waals surface area (Å²) in [7, 11) is 0. The van der Waals surface area contributed by atoms with Crippen molar-refractivity contribution in [3.8, 4) is 0 Å². The molecule has 0 aliphatic carbocycles. The molecule has 0 N–H and O–H groups in total. The molecule has 0 spiro atoms. The third kappa shape index (κ3) is 1.65. The summed E-state index contributed by atoms with van der Waals surface area (Å²) in [5, 5.41) is 0.633. The lowest BCUT2D eigenvalue weighted by Crippen LogP contribution is -2.47. The maximum atomic E-state index is 11.0. The van der Waals surface area contributed by atoms with E-state index in [-0.39, 0.29) is 17.1 Å². The van der Waals surface area contributed by atoms with Crippen LogP contribution in [-0.4, -0.2) is 40.6 Å². The minimum atomic E-state index is -0.249. The first-order chi connectivity index (χ1) is 6.16. The van der Waals surface area contributed by atoms with Gasteiger partial charge in [-0.1, -0.05) is 0 Å². The number of carbonyl (C=O) groups is 2. The molecule has 2 fully saturated rings. The molecule has 13 heavy (non-hydrogen) atoms. The van der Waals surface area contributed by atoms with Gasteiger partial charge in [0.05, 0.1) is 17.0 Å². The Morgan fingerprint density at radius 3 is 3.08 bits per heavy atom. The number of thioether (sulfide) groups is 1. The summed E-state index contributed by atoms with van der Waals surface area (Å²) in [5.74, 6) is -0.0241. The molecule has 2 atom stereocenters. The molecule has 0 aromatic rings. The van der Waals surface area contributed by atoms with Crippen LogP contribution in [0.4, 0.5) is 0 Å². The second kappa shape index (κ2) is 3.21. The van der Waals surface area contributed by atoms with Gasteiger partial charge in [-0.25, -0.2) is 0 Å². The molecule has 0 radical (unpaired) electrons. The summed E-state index contributed by atoms with van der Waals surface area (Å²) in [6, 6.07) is 0. The van der Waals surface area contributed by atoms with Crippen molar-refractivity contribution in [3.63, 3.8) is 0 Å². The normalized spacial score (nSPS) is 31.2. The van der Waals surface area contributed by atoms with Gasteiger partial charge < -0.3 is 9.64 Å². The van der Waals surface area contributed by atoms with E-state index < -0.39 is 0 Å². The van der Waals surface area contributed by atoms with Crippen LogP contribution in [0.15, 0.2) is 0 Å². The Labute approximate surface area is 80.6 Å². The fourth-order valence-electron chi connectivity index (χ4n) is 1.55. The molecule has 2 heterocycles. The van der Waals surface area contributed by atoms with Crippen LogP contribution in [0.1, 0.15) is 13.3 Å². The van der Waals surface area contributed by atoms with Crippen LogP contribution in [-0.2, 0) is 14.3 Å². The van der Waals surface area contributed by atoms with Crippen LogP contribution in [0.25, 0.3) is 0 Å². The van der Waals surface area contributed by atoms with Gasteiger partial charge in [0.2, 0.25) is 5.91 Å². The second-order valence-corrected chi connectivity index (χ2v) is 4.75. The van der Waals surface area contributed by atoms with Crippen molar-refractivity contribution in [2.75, 3.05) is 13.2 Å². The fraction of sp³-hybridized carbons (Fsp3) is 0.750. The van der Waals surface area contributed by atoms with Crippen LogP contribution >= 0.6 is 11.8 Å². The molecule has 2 aliphatic heterocycles. The lowest BCUT2D eigenvalue weighted by molar-refractivity contribution is -0.141. The van der Waals surface area contributed by atoms with Gasteiger partial charge in [0.1, 0.15) is 6.61 Å². The SMILES string of the molecule is CC(=O)OC[C@@H]1CN2C(=O)C[C@H]2S1. The van der Waals surface area contributed by atoms with Crippen LogP contribution < -0.4 is 0 Å². The van der Waals surface area contributed by atoms with Gasteiger partial charge in [-0.05, 0) is 0 Å². The monoisotopic (exact) mass is 201 g/mol. The minimum absolute atomic E-state index is 0.225. The van der Waals surface area contributed by atoms with Crippen molar-refractivity contribution in [1.82, 2.24) is 4.90 Å². The first-order valence-electron chi connectivity index (χ1n) is 4.25. The number of amides is 1. The summed E-state index contributed by atoms with van der Waals surface area (Å²) in [6.45, 7) is 2.57. The lowest BCUT2D eigenvalue weighted by Gasteiger charge is -2.32. The number of hydrogen-bond donors (Lipinski definition) is 0. The third-order valence-electron chi connectivity index (χ3n) is 2.24. The Balaban J connectivity index is 1.78. The predicted octanol–water partition coefficient (Wildman–Crippen LogP) is 0.223. The minimum Gasteiger partial charge on any atom is -0.465 e. The van der Waals surface area contributed by atoms with E-state index in [9.17, 15) is 9.59 Å². The predicted molar refractivity (Wildman–Crippen MR) is 48.1 cm³/mol. The highest BCUT2D eigenvalue weighted by Crippen LogP contribution is 2.39. The maximum absolute atomic E-state index is 11.0. The van der Waals surface area contributed by atoms with E-state index in [0.717, 1.165) is 6.54 Å². The zero-order valence-electron chi connectivity index (χ0n) is 7.36. The van der Waals surface area contributed by atoms with Gasteiger partial charge in [-0.15, -0.1) is 11.8 Å². The molecular weight excluding hydrogens is 190 g/mol. The van der Waals surface area contributed by atoms with Crippen LogP contribution in [0.5, 0.6) is 0 Å². The van der Waals surface area contributed by atoms with Gasteiger partial charge in [0.25, 0.3) is 0 Å². The highest BCUT2D eigenvalue weighted by atomic mass is 32.2. The first-order valence-corrected chi connectivity index (χ1v) is 5.19. The van der Waals surface area contributed by atoms with Crippen LogP contribution in [0.3, 0.4) is 0 Å². The number of fused-ring (bicyclic) bond motifs is 1. The van der Waals surface area contributed by atoms with E-state index in [1.54, 1.807) is 11.8 Å². The van der Waals surface area contributed by atoms with E-state index in [4.69, 9.17) is 4.74 Å². The van der Waals surface area contributed by atoms with Crippen molar-refractivity contribution < 1.29 is 14.3 Å². The van der Waals surface area contributed by atoms with Gasteiger partial charge in [-0.2, -0.15) is 0 Å². The van der Waals surface area contributed by atoms with E-state index >= 15 is 0 Å². The van der Waals surface area contributed by atoms with Crippen molar-refractivity contribution in [1.29, 1.82) is 0 Å². The van der Waals surface area contributed by atoms with Crippen molar-refractivity contribution in [2.45, 2.75) is 24.0 Å². The number of hydrogen-bond acceptors (Lipinski definition) is 4. The summed E-state index contributed by atoms with van der Waals surface area (Å²) < 4.78 is 4.89. The number of esters is 1. The molecule has 0 aromatic carbocycles. The van der Waals surface area contributed by atoms with Gasteiger partial charge in [0, 0.05) is 13.5 Å². The topological polar surface area (TPSA) is 46.6 Å². The second-order valence-electron chi connectivity index (χ2n) is 3.27. The molecular formula is C8H11NO3S. The quantitative estimate of drug-likeness (QED) is 0.474. The average molecular weight is 201 g/mol. The molecule has 2 rings (SSSR count). The number of carbonyl (C=O) groups excluding carboxylic acids is 2. The summed E-state index contributed by atoms with van der Waals surface area (Å²) in [5.41, 5.74) is 0. The first kappa shape index (κ1) is 8.87. The molecule has 0 unspecified atom stereocenters. The number of β-lactam (4-membered cyclic amide) rings is 1. The summed E-state index contributed by atoms with van der Waals surface area (Å²) in [4.78, 5) is 23.4. The van der Waals surface area contributed by atoms with Crippen molar-refractivity contribution >= 4 is 23.6 Å². The van der Waals surface area contributed by atoms with Gasteiger partial charge in [0.15, 0.2) is 0 Å². The van der Waals surface area contributed by atoms with E-state index in [1.165, 1.54) is 6.92 Å². The molecule has 5 heteroatoms. The lowest BCUT2D eigenvalue weighted by atomic mass is 10.2. The molecule has 0 aromatic heterocycles.